The summed E-state index contributed by atoms with van der Waals surface area (Å²) in [5.41, 5.74) is 4.46. The Hall–Kier alpha value is -2.13. The minimum absolute atomic E-state index is 0.126. The summed E-state index contributed by atoms with van der Waals surface area (Å²) >= 11 is 0. The second kappa shape index (κ2) is 7.40. The van der Waals surface area contributed by atoms with Crippen molar-refractivity contribution in [2.24, 2.45) is 0 Å². The molecule has 132 valence electrons. The van der Waals surface area contributed by atoms with Crippen LogP contribution in [-0.4, -0.2) is 24.0 Å². The Bertz CT molecular complexity index is 745. The van der Waals surface area contributed by atoms with Crippen molar-refractivity contribution in [3.05, 3.63) is 59.7 Å². The van der Waals surface area contributed by atoms with Gasteiger partial charge in [-0.25, -0.2) is 0 Å². The highest BCUT2D eigenvalue weighted by atomic mass is 16.2. The van der Waals surface area contributed by atoms with Crippen LogP contribution in [0.3, 0.4) is 0 Å². The maximum absolute atomic E-state index is 12.8. The fourth-order valence-electron chi connectivity index (χ4n) is 3.73. The number of carbonyl (C=O) groups is 1. The standard InChI is InChI=1S/C22H28N2O/c1-16(2)24-21(25)22(12-7-13-23-22)15-18-9-6-10-19(14-18)20-11-5-4-8-17(20)3/h4-6,8-11,14,16,23H,7,12-13,15H2,1-3H3,(H,24,25). The third-order valence-corrected chi connectivity index (χ3v) is 4.99. The molecule has 1 unspecified atom stereocenters. The van der Waals surface area contributed by atoms with Gasteiger partial charge in [-0.1, -0.05) is 48.5 Å². The van der Waals surface area contributed by atoms with Crippen molar-refractivity contribution in [3.63, 3.8) is 0 Å². The van der Waals surface area contributed by atoms with E-state index in [2.05, 4.69) is 66.1 Å². The molecule has 0 saturated carbocycles. The monoisotopic (exact) mass is 336 g/mol. The van der Waals surface area contributed by atoms with E-state index in [9.17, 15) is 4.79 Å². The highest BCUT2D eigenvalue weighted by Crippen LogP contribution is 2.28. The van der Waals surface area contributed by atoms with E-state index in [-0.39, 0.29) is 11.9 Å². The van der Waals surface area contributed by atoms with Gasteiger partial charge in [0.1, 0.15) is 5.54 Å². The number of rotatable bonds is 5. The maximum Gasteiger partial charge on any atom is 0.240 e. The first-order valence-electron chi connectivity index (χ1n) is 9.21. The third-order valence-electron chi connectivity index (χ3n) is 4.99. The quantitative estimate of drug-likeness (QED) is 0.871. The van der Waals surface area contributed by atoms with Crippen LogP contribution in [0, 0.1) is 6.92 Å². The molecular formula is C22H28N2O. The lowest BCUT2D eigenvalue weighted by atomic mass is 9.87. The third kappa shape index (κ3) is 3.93. The zero-order valence-electron chi connectivity index (χ0n) is 15.4. The first-order valence-corrected chi connectivity index (χ1v) is 9.21. The topological polar surface area (TPSA) is 41.1 Å². The second-order valence-corrected chi connectivity index (χ2v) is 7.43. The number of aryl methyl sites for hydroxylation is 1. The van der Waals surface area contributed by atoms with Crippen molar-refractivity contribution in [2.45, 2.75) is 51.6 Å². The van der Waals surface area contributed by atoms with Gasteiger partial charge in [0.15, 0.2) is 0 Å². The van der Waals surface area contributed by atoms with E-state index >= 15 is 0 Å². The van der Waals surface area contributed by atoms with E-state index in [1.807, 2.05) is 13.8 Å². The van der Waals surface area contributed by atoms with E-state index < -0.39 is 5.54 Å². The van der Waals surface area contributed by atoms with Crippen molar-refractivity contribution in [3.8, 4) is 11.1 Å². The fourth-order valence-corrected chi connectivity index (χ4v) is 3.73. The van der Waals surface area contributed by atoms with Crippen molar-refractivity contribution in [1.29, 1.82) is 0 Å². The Kier molecular flexibility index (Phi) is 5.24. The molecule has 1 aliphatic heterocycles. The highest BCUT2D eigenvalue weighted by molar-refractivity contribution is 5.87. The summed E-state index contributed by atoms with van der Waals surface area (Å²) in [5, 5.41) is 6.58. The van der Waals surface area contributed by atoms with Gasteiger partial charge in [0.2, 0.25) is 5.91 Å². The molecule has 3 nitrogen and oxygen atoms in total. The molecule has 1 fully saturated rings. The fraction of sp³-hybridized carbons (Fsp3) is 0.409. The summed E-state index contributed by atoms with van der Waals surface area (Å²) in [6, 6.07) is 17.2. The molecule has 0 aromatic heterocycles. The highest BCUT2D eigenvalue weighted by Gasteiger charge is 2.41. The molecule has 1 amide bonds. The number of hydrogen-bond acceptors (Lipinski definition) is 2. The van der Waals surface area contributed by atoms with Gasteiger partial charge in [-0.15, -0.1) is 0 Å². The van der Waals surface area contributed by atoms with Crippen molar-refractivity contribution in [1.82, 2.24) is 10.6 Å². The lowest BCUT2D eigenvalue weighted by Crippen LogP contribution is -2.56. The molecule has 1 saturated heterocycles. The Morgan fingerprint density at radius 3 is 2.68 bits per heavy atom. The minimum atomic E-state index is -0.478. The van der Waals surface area contributed by atoms with Crippen LogP contribution in [0.5, 0.6) is 0 Å². The summed E-state index contributed by atoms with van der Waals surface area (Å²) < 4.78 is 0. The molecule has 0 aliphatic carbocycles. The second-order valence-electron chi connectivity index (χ2n) is 7.43. The summed E-state index contributed by atoms with van der Waals surface area (Å²) in [5.74, 6) is 0.126. The molecule has 2 aromatic carbocycles. The molecule has 3 heteroatoms. The van der Waals surface area contributed by atoms with Crippen molar-refractivity contribution in [2.75, 3.05) is 6.54 Å². The van der Waals surface area contributed by atoms with Gasteiger partial charge in [-0.2, -0.15) is 0 Å². The first-order chi connectivity index (χ1) is 12.0. The molecule has 1 heterocycles. The van der Waals surface area contributed by atoms with Crippen molar-refractivity contribution >= 4 is 5.91 Å². The average molecular weight is 336 g/mol. The zero-order chi connectivity index (χ0) is 17.9. The van der Waals surface area contributed by atoms with Crippen LogP contribution in [0.15, 0.2) is 48.5 Å². The number of hydrogen-bond donors (Lipinski definition) is 2. The molecule has 25 heavy (non-hydrogen) atoms. The number of amides is 1. The molecule has 0 radical (unpaired) electrons. The van der Waals surface area contributed by atoms with Gasteiger partial charge < -0.3 is 10.6 Å². The Balaban J connectivity index is 1.88. The first kappa shape index (κ1) is 17.7. The van der Waals surface area contributed by atoms with Gasteiger partial charge in [0.05, 0.1) is 0 Å². The maximum atomic E-state index is 12.8. The molecule has 1 atom stereocenters. The van der Waals surface area contributed by atoms with E-state index in [0.717, 1.165) is 25.8 Å². The Labute approximate surface area is 150 Å². The average Bonchev–Trinajstić information content (AvgIpc) is 3.05. The Morgan fingerprint density at radius 2 is 2.00 bits per heavy atom. The van der Waals surface area contributed by atoms with Gasteiger partial charge in [0, 0.05) is 6.04 Å². The minimum Gasteiger partial charge on any atom is -0.352 e. The van der Waals surface area contributed by atoms with E-state index in [0.29, 0.717) is 0 Å². The molecular weight excluding hydrogens is 308 g/mol. The van der Waals surface area contributed by atoms with E-state index in [1.165, 1.54) is 22.3 Å². The van der Waals surface area contributed by atoms with Crippen LogP contribution in [0.1, 0.15) is 37.8 Å². The summed E-state index contributed by atoms with van der Waals surface area (Å²) in [6.07, 6.45) is 2.66. The predicted molar refractivity (Wildman–Crippen MR) is 104 cm³/mol. The number of carbonyl (C=O) groups excluding carboxylic acids is 1. The van der Waals surface area contributed by atoms with Gasteiger partial charge in [-0.05, 0) is 68.8 Å². The van der Waals surface area contributed by atoms with Crippen LogP contribution in [0.2, 0.25) is 0 Å². The molecule has 0 spiro atoms. The van der Waals surface area contributed by atoms with Crippen LogP contribution in [0.4, 0.5) is 0 Å². The van der Waals surface area contributed by atoms with Gasteiger partial charge in [-0.3, -0.25) is 4.79 Å². The molecule has 2 N–H and O–H groups in total. The largest absolute Gasteiger partial charge is 0.352 e. The zero-order valence-corrected chi connectivity index (χ0v) is 15.4. The summed E-state index contributed by atoms with van der Waals surface area (Å²) in [4.78, 5) is 12.8. The SMILES string of the molecule is Cc1ccccc1-c1cccc(CC2(C(=O)NC(C)C)CCCN2)c1. The summed E-state index contributed by atoms with van der Waals surface area (Å²) in [7, 11) is 0. The Morgan fingerprint density at radius 1 is 1.20 bits per heavy atom. The molecule has 0 bridgehead atoms. The number of nitrogens with one attached hydrogen (secondary N) is 2. The lowest BCUT2D eigenvalue weighted by Gasteiger charge is -2.29. The molecule has 1 aliphatic rings. The van der Waals surface area contributed by atoms with Crippen LogP contribution < -0.4 is 10.6 Å². The van der Waals surface area contributed by atoms with Crippen LogP contribution in [-0.2, 0) is 11.2 Å². The van der Waals surface area contributed by atoms with Gasteiger partial charge >= 0.3 is 0 Å². The van der Waals surface area contributed by atoms with Crippen LogP contribution in [0.25, 0.3) is 11.1 Å². The predicted octanol–water partition coefficient (Wildman–Crippen LogP) is 3.85. The van der Waals surface area contributed by atoms with Crippen molar-refractivity contribution < 1.29 is 4.79 Å². The normalized spacial score (nSPS) is 20.0. The van der Waals surface area contributed by atoms with Gasteiger partial charge in [0.25, 0.3) is 0 Å². The molecule has 3 rings (SSSR count). The lowest BCUT2D eigenvalue weighted by molar-refractivity contribution is -0.127. The van der Waals surface area contributed by atoms with Crippen LogP contribution >= 0.6 is 0 Å². The van der Waals surface area contributed by atoms with E-state index in [1.54, 1.807) is 0 Å². The number of benzene rings is 2. The van der Waals surface area contributed by atoms with E-state index in [4.69, 9.17) is 0 Å². The summed E-state index contributed by atoms with van der Waals surface area (Å²) in [6.45, 7) is 7.07. The smallest absolute Gasteiger partial charge is 0.240 e. The molecule has 2 aromatic rings.